The second kappa shape index (κ2) is 5.79. The van der Waals surface area contributed by atoms with Crippen molar-refractivity contribution in [2.24, 2.45) is 0 Å². The Balaban J connectivity index is 2.49. The average Bonchev–Trinajstić information content (AvgIpc) is 2.41. The number of hydrogen-bond donors (Lipinski definition) is 0. The monoisotopic (exact) mass is 329 g/mol. The Bertz CT molecular complexity index is 716. The number of nitrogens with zero attached hydrogens (tertiary/aromatic N) is 1. The lowest BCUT2D eigenvalue weighted by Gasteiger charge is -2.05. The molecule has 0 saturated heterocycles. The van der Waals surface area contributed by atoms with Crippen molar-refractivity contribution in [3.05, 3.63) is 72.7 Å². The molecule has 0 unspecified atom stereocenters. The van der Waals surface area contributed by atoms with Gasteiger partial charge in [-0.3, -0.25) is 14.9 Å². The number of halogens is 3. The number of carbonyl (C=O) groups excluding carboxylic acids is 1. The van der Waals surface area contributed by atoms with Gasteiger partial charge in [0.05, 0.1) is 20.0 Å². The van der Waals surface area contributed by atoms with Crippen LogP contribution in [0.15, 0.2) is 36.4 Å². The minimum absolute atomic E-state index is 0.0410. The summed E-state index contributed by atoms with van der Waals surface area (Å²) < 4.78 is 0. The van der Waals surface area contributed by atoms with Gasteiger partial charge in [0.2, 0.25) is 0 Å². The maximum atomic E-state index is 12.3. The molecule has 0 spiro atoms. The zero-order chi connectivity index (χ0) is 14.9. The van der Waals surface area contributed by atoms with Crippen molar-refractivity contribution >= 4 is 46.3 Å². The van der Waals surface area contributed by atoms with E-state index in [9.17, 15) is 14.9 Å². The average molecular weight is 331 g/mol. The predicted octanol–water partition coefficient (Wildman–Crippen LogP) is 4.79. The first-order chi connectivity index (χ1) is 9.40. The molecule has 0 aliphatic carbocycles. The van der Waals surface area contributed by atoms with E-state index < -0.39 is 10.7 Å². The first kappa shape index (κ1) is 14.8. The fourth-order valence-electron chi connectivity index (χ4n) is 1.59. The van der Waals surface area contributed by atoms with Crippen LogP contribution >= 0.6 is 34.8 Å². The summed E-state index contributed by atoms with van der Waals surface area (Å²) in [4.78, 5) is 22.4. The van der Waals surface area contributed by atoms with Gasteiger partial charge in [-0.1, -0.05) is 34.8 Å². The van der Waals surface area contributed by atoms with Crippen LogP contribution in [0.1, 0.15) is 15.9 Å². The van der Waals surface area contributed by atoms with E-state index in [1.165, 1.54) is 30.3 Å². The van der Waals surface area contributed by atoms with Crippen molar-refractivity contribution in [1.82, 2.24) is 0 Å². The number of benzene rings is 2. The smallest absolute Gasteiger partial charge is 0.270 e. The molecule has 7 heteroatoms. The van der Waals surface area contributed by atoms with Crippen molar-refractivity contribution in [1.29, 1.82) is 0 Å². The predicted molar refractivity (Wildman–Crippen MR) is 78.0 cm³/mol. The van der Waals surface area contributed by atoms with E-state index in [1.54, 1.807) is 0 Å². The van der Waals surface area contributed by atoms with Crippen LogP contribution < -0.4 is 0 Å². The summed E-state index contributed by atoms with van der Waals surface area (Å²) in [5.74, 6) is -0.461. The Morgan fingerprint density at radius 3 is 2.20 bits per heavy atom. The number of hydrogen-bond acceptors (Lipinski definition) is 3. The van der Waals surface area contributed by atoms with E-state index in [0.717, 1.165) is 6.07 Å². The fraction of sp³-hybridized carbons (Fsp3) is 0. The Morgan fingerprint density at radius 1 is 0.950 bits per heavy atom. The number of non-ortho nitro benzene ring substituents is 1. The zero-order valence-corrected chi connectivity index (χ0v) is 12.0. The van der Waals surface area contributed by atoms with E-state index in [1.807, 2.05) is 0 Å². The molecule has 2 aromatic rings. The number of ketones is 1. The van der Waals surface area contributed by atoms with Crippen LogP contribution in [0.2, 0.25) is 15.1 Å². The lowest BCUT2D eigenvalue weighted by Crippen LogP contribution is -2.03. The molecular formula is C13H6Cl3NO3. The quantitative estimate of drug-likeness (QED) is 0.462. The van der Waals surface area contributed by atoms with Crippen molar-refractivity contribution < 1.29 is 9.72 Å². The molecule has 0 amide bonds. The third kappa shape index (κ3) is 2.93. The molecule has 0 radical (unpaired) electrons. The maximum absolute atomic E-state index is 12.3. The molecule has 0 fully saturated rings. The van der Waals surface area contributed by atoms with Crippen LogP contribution in [0.3, 0.4) is 0 Å². The Hall–Kier alpha value is -1.62. The van der Waals surface area contributed by atoms with E-state index >= 15 is 0 Å². The minimum atomic E-state index is -0.595. The maximum Gasteiger partial charge on any atom is 0.270 e. The summed E-state index contributed by atoms with van der Waals surface area (Å²) in [6.07, 6.45) is 0. The highest BCUT2D eigenvalue weighted by Crippen LogP contribution is 2.27. The van der Waals surface area contributed by atoms with Crippen molar-refractivity contribution in [2.45, 2.75) is 0 Å². The fourth-order valence-corrected chi connectivity index (χ4v) is 2.10. The second-order valence-electron chi connectivity index (χ2n) is 3.88. The topological polar surface area (TPSA) is 60.2 Å². The normalized spacial score (nSPS) is 10.3. The van der Waals surface area contributed by atoms with E-state index in [2.05, 4.69) is 0 Å². The molecule has 2 rings (SSSR count). The highest BCUT2D eigenvalue weighted by Gasteiger charge is 2.18. The summed E-state index contributed by atoms with van der Waals surface area (Å²) in [5.41, 5.74) is 0.0823. The van der Waals surface area contributed by atoms with Crippen LogP contribution in [-0.2, 0) is 0 Å². The molecule has 0 heterocycles. The third-order valence-corrected chi connectivity index (χ3v) is 3.66. The molecule has 102 valence electrons. The number of rotatable bonds is 3. The van der Waals surface area contributed by atoms with Gasteiger partial charge < -0.3 is 0 Å². The molecule has 0 aliphatic heterocycles. The first-order valence-electron chi connectivity index (χ1n) is 5.34. The highest BCUT2D eigenvalue weighted by molar-refractivity contribution is 6.42. The molecular weight excluding hydrogens is 325 g/mol. The summed E-state index contributed by atoms with van der Waals surface area (Å²) in [6, 6.07) is 8.01. The van der Waals surface area contributed by atoms with Gasteiger partial charge in [-0.15, -0.1) is 0 Å². The van der Waals surface area contributed by atoms with E-state index in [4.69, 9.17) is 34.8 Å². The van der Waals surface area contributed by atoms with Gasteiger partial charge in [0, 0.05) is 23.3 Å². The number of carbonyl (C=O) groups is 1. The number of nitro groups is 1. The van der Waals surface area contributed by atoms with E-state index in [0.29, 0.717) is 5.02 Å². The van der Waals surface area contributed by atoms with Gasteiger partial charge in [-0.25, -0.2) is 0 Å². The van der Waals surface area contributed by atoms with Crippen LogP contribution in [0.4, 0.5) is 5.69 Å². The largest absolute Gasteiger partial charge is 0.289 e. The Kier molecular flexibility index (Phi) is 4.28. The van der Waals surface area contributed by atoms with Crippen LogP contribution in [-0.4, -0.2) is 10.7 Å². The van der Waals surface area contributed by atoms with Gasteiger partial charge in [-0.05, 0) is 24.3 Å². The van der Waals surface area contributed by atoms with Crippen molar-refractivity contribution in [2.75, 3.05) is 0 Å². The van der Waals surface area contributed by atoms with Gasteiger partial charge in [0.15, 0.2) is 5.78 Å². The molecule has 0 aromatic heterocycles. The second-order valence-corrected chi connectivity index (χ2v) is 5.10. The molecule has 0 saturated carbocycles. The highest BCUT2D eigenvalue weighted by atomic mass is 35.5. The molecule has 20 heavy (non-hydrogen) atoms. The Morgan fingerprint density at radius 2 is 1.60 bits per heavy atom. The van der Waals surface area contributed by atoms with Gasteiger partial charge in [0.25, 0.3) is 5.69 Å². The zero-order valence-electron chi connectivity index (χ0n) is 9.77. The van der Waals surface area contributed by atoms with Crippen molar-refractivity contribution in [3.8, 4) is 0 Å². The van der Waals surface area contributed by atoms with E-state index in [-0.39, 0.29) is 26.9 Å². The van der Waals surface area contributed by atoms with Crippen molar-refractivity contribution in [3.63, 3.8) is 0 Å². The minimum Gasteiger partial charge on any atom is -0.289 e. The number of nitro benzene ring substituents is 1. The summed E-state index contributed by atoms with van der Waals surface area (Å²) >= 11 is 17.5. The third-order valence-electron chi connectivity index (χ3n) is 2.59. The summed E-state index contributed by atoms with van der Waals surface area (Å²) in [6.45, 7) is 0. The molecule has 0 atom stereocenters. The van der Waals surface area contributed by atoms with Crippen LogP contribution in [0.5, 0.6) is 0 Å². The molecule has 4 nitrogen and oxygen atoms in total. The molecule has 2 aromatic carbocycles. The van der Waals surface area contributed by atoms with Crippen LogP contribution in [0.25, 0.3) is 0 Å². The van der Waals surface area contributed by atoms with Gasteiger partial charge >= 0.3 is 0 Å². The molecule has 0 bridgehead atoms. The van der Waals surface area contributed by atoms with Crippen LogP contribution in [0, 0.1) is 10.1 Å². The lowest BCUT2D eigenvalue weighted by molar-refractivity contribution is -0.384. The SMILES string of the molecule is O=C(c1ccc(Cl)c(Cl)c1)c1cc([N+](=O)[O-])ccc1Cl. The summed E-state index contributed by atoms with van der Waals surface area (Å²) in [7, 11) is 0. The van der Waals surface area contributed by atoms with Gasteiger partial charge in [0.1, 0.15) is 0 Å². The molecule has 0 aliphatic rings. The molecule has 0 N–H and O–H groups in total. The first-order valence-corrected chi connectivity index (χ1v) is 6.47. The Labute approximate surface area is 129 Å². The standard InChI is InChI=1S/C13H6Cl3NO3/c14-10-4-2-8(17(19)20)6-9(10)13(18)7-1-3-11(15)12(16)5-7/h1-6H. The summed E-state index contributed by atoms with van der Waals surface area (Å²) in [5, 5.41) is 11.4. The lowest BCUT2D eigenvalue weighted by atomic mass is 10.0. The van der Waals surface area contributed by atoms with Gasteiger partial charge in [-0.2, -0.15) is 0 Å².